The number of hydrogen-bond acceptors (Lipinski definition) is 2. The fraction of sp³-hybridized carbons (Fsp3) is 0.625. The molecule has 0 radical (unpaired) electrons. The van der Waals surface area contributed by atoms with Crippen molar-refractivity contribution in [2.45, 2.75) is 59.5 Å². The number of hydrogen-bond donors (Lipinski definition) is 2. The molecule has 1 unspecified atom stereocenters. The minimum atomic E-state index is -4.50. The van der Waals surface area contributed by atoms with Gasteiger partial charge in [0.05, 0.1) is 6.10 Å². The fourth-order valence-corrected chi connectivity index (χ4v) is 2.97. The predicted molar refractivity (Wildman–Crippen MR) is 85.0 cm³/mol. The molecule has 0 aliphatic carbocycles. The summed E-state index contributed by atoms with van der Waals surface area (Å²) in [6.45, 7) is 8.51. The summed E-state index contributed by atoms with van der Waals surface area (Å²) in [4.78, 5) is 18.3. The number of phosphoric acid groups is 1. The summed E-state index contributed by atoms with van der Waals surface area (Å²) in [6.07, 6.45) is 2.73. The van der Waals surface area contributed by atoms with Crippen molar-refractivity contribution in [1.82, 2.24) is 0 Å². The molecule has 0 saturated carbocycles. The maximum atomic E-state index is 11.2. The molecule has 0 spiro atoms. The first-order valence-corrected chi connectivity index (χ1v) is 8.97. The Kier molecular flexibility index (Phi) is 6.61. The van der Waals surface area contributed by atoms with E-state index in [1.165, 1.54) is 0 Å². The standard InChI is InChI=1S/C16H27O4P/c1-5-13-9-6-7-10-14(13)15(20-21(17,18)19)11-8-12-16(2,3)4/h6-7,9-10,15H,5,8,11-12H2,1-4H3,(H2,17,18,19). The zero-order valence-corrected chi connectivity index (χ0v) is 14.3. The van der Waals surface area contributed by atoms with Crippen molar-refractivity contribution in [1.29, 1.82) is 0 Å². The van der Waals surface area contributed by atoms with Gasteiger partial charge in [-0.2, -0.15) is 0 Å². The molecule has 1 aromatic carbocycles. The summed E-state index contributed by atoms with van der Waals surface area (Å²) in [5.74, 6) is 0. The SMILES string of the molecule is CCc1ccccc1C(CCCC(C)(C)C)OP(=O)(O)O. The Balaban J connectivity index is 2.89. The number of aryl methyl sites for hydroxylation is 1. The van der Waals surface area contributed by atoms with E-state index in [0.717, 1.165) is 30.4 Å². The van der Waals surface area contributed by atoms with Gasteiger partial charge < -0.3 is 9.79 Å². The molecule has 0 amide bonds. The van der Waals surface area contributed by atoms with E-state index in [9.17, 15) is 4.57 Å². The molecule has 0 aromatic heterocycles. The highest BCUT2D eigenvalue weighted by molar-refractivity contribution is 7.46. The molecule has 2 N–H and O–H groups in total. The zero-order chi connectivity index (χ0) is 16.1. The lowest BCUT2D eigenvalue weighted by Crippen LogP contribution is -2.09. The Morgan fingerprint density at radius 3 is 2.38 bits per heavy atom. The van der Waals surface area contributed by atoms with Crippen molar-refractivity contribution in [2.75, 3.05) is 0 Å². The molecule has 1 aromatic rings. The van der Waals surface area contributed by atoms with Crippen LogP contribution in [0.1, 0.15) is 64.2 Å². The van der Waals surface area contributed by atoms with Crippen molar-refractivity contribution in [3.63, 3.8) is 0 Å². The maximum absolute atomic E-state index is 11.2. The van der Waals surface area contributed by atoms with Crippen molar-refractivity contribution in [3.8, 4) is 0 Å². The van der Waals surface area contributed by atoms with E-state index < -0.39 is 13.9 Å². The fourth-order valence-electron chi connectivity index (χ4n) is 2.42. The highest BCUT2D eigenvalue weighted by atomic mass is 31.2. The van der Waals surface area contributed by atoms with E-state index in [-0.39, 0.29) is 5.41 Å². The largest absolute Gasteiger partial charge is 0.470 e. The Morgan fingerprint density at radius 2 is 1.86 bits per heavy atom. The minimum Gasteiger partial charge on any atom is -0.303 e. The van der Waals surface area contributed by atoms with Crippen LogP contribution in [-0.4, -0.2) is 9.79 Å². The number of phosphoric ester groups is 1. The number of benzene rings is 1. The van der Waals surface area contributed by atoms with Crippen LogP contribution in [0.5, 0.6) is 0 Å². The zero-order valence-electron chi connectivity index (χ0n) is 13.4. The summed E-state index contributed by atoms with van der Waals surface area (Å²) in [7, 11) is -4.50. The van der Waals surface area contributed by atoms with Gasteiger partial charge in [0, 0.05) is 0 Å². The molecule has 0 aliphatic rings. The molecule has 0 aliphatic heterocycles. The van der Waals surface area contributed by atoms with Crippen molar-refractivity contribution in [3.05, 3.63) is 35.4 Å². The van der Waals surface area contributed by atoms with Gasteiger partial charge in [0.1, 0.15) is 0 Å². The van der Waals surface area contributed by atoms with Crippen LogP contribution < -0.4 is 0 Å². The molecule has 4 nitrogen and oxygen atoms in total. The van der Waals surface area contributed by atoms with Crippen LogP contribution in [0.25, 0.3) is 0 Å². The lowest BCUT2D eigenvalue weighted by atomic mass is 9.88. The first kappa shape index (κ1) is 18.4. The summed E-state index contributed by atoms with van der Waals surface area (Å²) in [6, 6.07) is 7.70. The van der Waals surface area contributed by atoms with Crippen LogP contribution in [-0.2, 0) is 15.5 Å². The minimum absolute atomic E-state index is 0.205. The molecule has 0 bridgehead atoms. The number of rotatable bonds is 7. The third-order valence-corrected chi connectivity index (χ3v) is 3.97. The van der Waals surface area contributed by atoms with Gasteiger partial charge in [0.25, 0.3) is 0 Å². The van der Waals surface area contributed by atoms with E-state index in [1.807, 2.05) is 31.2 Å². The lowest BCUT2D eigenvalue weighted by molar-refractivity contribution is 0.122. The molecule has 5 heteroatoms. The van der Waals surface area contributed by atoms with E-state index in [0.29, 0.717) is 6.42 Å². The summed E-state index contributed by atoms with van der Waals surface area (Å²) >= 11 is 0. The highest BCUT2D eigenvalue weighted by Gasteiger charge is 2.25. The van der Waals surface area contributed by atoms with Crippen LogP contribution in [0.2, 0.25) is 0 Å². The normalized spacial score (nSPS) is 14.2. The van der Waals surface area contributed by atoms with Gasteiger partial charge in [0.2, 0.25) is 0 Å². The Hall–Kier alpha value is -0.670. The first-order chi connectivity index (χ1) is 9.62. The second-order valence-electron chi connectivity index (χ2n) is 6.59. The van der Waals surface area contributed by atoms with Gasteiger partial charge >= 0.3 is 7.82 Å². The molecule has 0 saturated heterocycles. The lowest BCUT2D eigenvalue weighted by Gasteiger charge is -2.23. The van der Waals surface area contributed by atoms with Gasteiger partial charge in [-0.05, 0) is 42.2 Å². The highest BCUT2D eigenvalue weighted by Crippen LogP contribution is 2.45. The monoisotopic (exact) mass is 314 g/mol. The molecule has 120 valence electrons. The molecule has 0 heterocycles. The molecular formula is C16H27O4P. The van der Waals surface area contributed by atoms with E-state index in [4.69, 9.17) is 14.3 Å². The summed E-state index contributed by atoms with van der Waals surface area (Å²) in [5, 5.41) is 0. The second-order valence-corrected chi connectivity index (χ2v) is 7.78. The third-order valence-electron chi connectivity index (χ3n) is 3.44. The van der Waals surface area contributed by atoms with Crippen LogP contribution in [0.4, 0.5) is 0 Å². The Bertz CT molecular complexity index is 487. The van der Waals surface area contributed by atoms with Gasteiger partial charge in [-0.25, -0.2) is 4.57 Å². The Morgan fingerprint density at radius 1 is 1.24 bits per heavy atom. The van der Waals surface area contributed by atoms with Crippen molar-refractivity contribution in [2.24, 2.45) is 5.41 Å². The molecule has 1 atom stereocenters. The average Bonchev–Trinajstić information content (AvgIpc) is 2.34. The average molecular weight is 314 g/mol. The Labute approximate surface area is 127 Å². The molecule has 0 fully saturated rings. The van der Waals surface area contributed by atoms with Gasteiger partial charge in [0.15, 0.2) is 0 Å². The van der Waals surface area contributed by atoms with Crippen LogP contribution >= 0.6 is 7.82 Å². The maximum Gasteiger partial charge on any atom is 0.470 e. The van der Waals surface area contributed by atoms with Gasteiger partial charge in [-0.1, -0.05) is 52.0 Å². The predicted octanol–water partition coefficient (Wildman–Crippen LogP) is 4.62. The van der Waals surface area contributed by atoms with Crippen LogP contribution in [0.15, 0.2) is 24.3 Å². The second kappa shape index (κ2) is 7.55. The van der Waals surface area contributed by atoms with E-state index in [1.54, 1.807) is 0 Å². The van der Waals surface area contributed by atoms with Crippen molar-refractivity contribution < 1.29 is 18.9 Å². The summed E-state index contributed by atoms with van der Waals surface area (Å²) in [5.41, 5.74) is 2.17. The van der Waals surface area contributed by atoms with Crippen LogP contribution in [0, 0.1) is 5.41 Å². The quantitative estimate of drug-likeness (QED) is 0.721. The smallest absolute Gasteiger partial charge is 0.303 e. The van der Waals surface area contributed by atoms with Gasteiger partial charge in [-0.15, -0.1) is 0 Å². The summed E-state index contributed by atoms with van der Waals surface area (Å²) < 4.78 is 16.3. The molecule has 1 rings (SSSR count). The van der Waals surface area contributed by atoms with Crippen molar-refractivity contribution >= 4 is 7.82 Å². The third kappa shape index (κ3) is 7.23. The van der Waals surface area contributed by atoms with E-state index >= 15 is 0 Å². The van der Waals surface area contributed by atoms with Crippen LogP contribution in [0.3, 0.4) is 0 Å². The topological polar surface area (TPSA) is 66.8 Å². The first-order valence-electron chi connectivity index (χ1n) is 7.44. The van der Waals surface area contributed by atoms with Gasteiger partial charge in [-0.3, -0.25) is 4.52 Å². The molecular weight excluding hydrogens is 287 g/mol. The van der Waals surface area contributed by atoms with E-state index in [2.05, 4.69) is 20.8 Å². The molecule has 21 heavy (non-hydrogen) atoms.